The quantitative estimate of drug-likeness (QED) is 0.574. The van der Waals surface area contributed by atoms with Crippen LogP contribution in [0, 0.1) is 31.6 Å². The van der Waals surface area contributed by atoms with Crippen molar-refractivity contribution in [3.63, 3.8) is 0 Å². The summed E-state index contributed by atoms with van der Waals surface area (Å²) in [6.45, 7) is 10.9. The molecule has 0 bridgehead atoms. The first-order valence-corrected chi connectivity index (χ1v) is 14.6. The van der Waals surface area contributed by atoms with E-state index in [1.807, 2.05) is 52.8 Å². The van der Waals surface area contributed by atoms with Crippen molar-refractivity contribution in [2.75, 3.05) is 19.6 Å². The van der Waals surface area contributed by atoms with Gasteiger partial charge in [-0.1, -0.05) is 60.9 Å². The minimum Gasteiger partial charge on any atom is -0.207 e. The molecule has 184 valence electrons. The highest BCUT2D eigenvalue weighted by Crippen LogP contribution is 2.39. The maximum atomic E-state index is 13.8. The first-order chi connectivity index (χ1) is 15.9. The molecule has 0 aliphatic carbocycles. The molecule has 2 aliphatic heterocycles. The fourth-order valence-corrected chi connectivity index (χ4v) is 8.33. The monoisotopic (exact) mass is 502 g/mol. The fourth-order valence-electron chi connectivity index (χ4n) is 5.05. The third kappa shape index (κ3) is 4.61. The van der Waals surface area contributed by atoms with Gasteiger partial charge in [0.1, 0.15) is 0 Å². The molecule has 2 heterocycles. The molecule has 0 radical (unpaired) electrons. The van der Waals surface area contributed by atoms with E-state index in [-0.39, 0.29) is 40.1 Å². The van der Waals surface area contributed by atoms with Crippen LogP contribution in [0.25, 0.3) is 0 Å². The van der Waals surface area contributed by atoms with Gasteiger partial charge in [-0.25, -0.2) is 16.8 Å². The molecule has 0 saturated carbocycles. The van der Waals surface area contributed by atoms with Crippen LogP contribution in [0.1, 0.15) is 31.9 Å². The molecule has 2 aromatic carbocycles. The summed E-state index contributed by atoms with van der Waals surface area (Å²) in [4.78, 5) is 0.552. The number of sulfonamides is 2. The van der Waals surface area contributed by atoms with Crippen molar-refractivity contribution >= 4 is 20.0 Å². The van der Waals surface area contributed by atoms with Crippen LogP contribution in [-0.4, -0.2) is 51.1 Å². The fraction of sp³-hybridized carbons (Fsp3) is 0.462. The van der Waals surface area contributed by atoms with Crippen LogP contribution in [-0.2, 0) is 20.0 Å². The lowest BCUT2D eigenvalue weighted by Crippen LogP contribution is -2.44. The summed E-state index contributed by atoms with van der Waals surface area (Å²) in [5.74, 6) is -0.0402. The molecule has 8 heteroatoms. The zero-order valence-corrected chi connectivity index (χ0v) is 22.1. The van der Waals surface area contributed by atoms with E-state index in [0.29, 0.717) is 13.1 Å². The van der Waals surface area contributed by atoms with E-state index in [1.54, 1.807) is 40.7 Å². The van der Waals surface area contributed by atoms with Crippen molar-refractivity contribution in [2.24, 2.45) is 17.8 Å². The maximum Gasteiger partial charge on any atom is 0.243 e. The van der Waals surface area contributed by atoms with Gasteiger partial charge in [0, 0.05) is 25.7 Å². The number of rotatable bonds is 5. The molecule has 3 atom stereocenters. The highest BCUT2D eigenvalue weighted by Gasteiger charge is 2.45. The van der Waals surface area contributed by atoms with Gasteiger partial charge in [-0.3, -0.25) is 0 Å². The Hall–Kier alpha value is -2.00. The highest BCUT2D eigenvalue weighted by atomic mass is 32.2. The summed E-state index contributed by atoms with van der Waals surface area (Å²) in [5, 5.41) is 0. The number of hydrogen-bond acceptors (Lipinski definition) is 4. The normalized spacial score (nSPS) is 24.6. The van der Waals surface area contributed by atoms with Crippen LogP contribution in [0.3, 0.4) is 0 Å². The number of hydrogen-bond donors (Lipinski definition) is 0. The van der Waals surface area contributed by atoms with E-state index in [1.165, 1.54) is 4.31 Å². The van der Waals surface area contributed by atoms with Crippen molar-refractivity contribution in [3.05, 3.63) is 71.3 Å². The van der Waals surface area contributed by atoms with Crippen LogP contribution < -0.4 is 0 Å². The Morgan fingerprint density at radius 2 is 1.24 bits per heavy atom. The Bertz CT molecular complexity index is 1280. The molecule has 2 aromatic rings. The molecule has 6 nitrogen and oxygen atoms in total. The van der Waals surface area contributed by atoms with E-state index in [0.717, 1.165) is 16.7 Å². The molecule has 0 aromatic heterocycles. The van der Waals surface area contributed by atoms with E-state index >= 15 is 0 Å². The summed E-state index contributed by atoms with van der Waals surface area (Å²) in [6, 6.07) is 13.5. The van der Waals surface area contributed by atoms with Gasteiger partial charge in [-0.2, -0.15) is 8.61 Å². The second-order valence-electron chi connectivity index (χ2n) is 10.0. The Labute approximate surface area is 204 Å². The zero-order chi connectivity index (χ0) is 24.8. The number of benzene rings is 2. The van der Waals surface area contributed by atoms with Crippen LogP contribution in [0.15, 0.2) is 70.0 Å². The van der Waals surface area contributed by atoms with Gasteiger partial charge in [0.2, 0.25) is 20.0 Å². The summed E-state index contributed by atoms with van der Waals surface area (Å²) >= 11 is 0. The van der Waals surface area contributed by atoms with Crippen molar-refractivity contribution in [1.82, 2.24) is 8.61 Å². The number of nitrogens with zero attached hydrogens (tertiary/aromatic N) is 2. The third-order valence-electron chi connectivity index (χ3n) is 7.14. The summed E-state index contributed by atoms with van der Waals surface area (Å²) in [6.07, 6.45) is 2.04. The van der Waals surface area contributed by atoms with Crippen molar-refractivity contribution in [2.45, 2.75) is 50.5 Å². The van der Waals surface area contributed by atoms with E-state index in [9.17, 15) is 16.8 Å². The lowest BCUT2D eigenvalue weighted by Gasteiger charge is -2.32. The Morgan fingerprint density at radius 1 is 0.735 bits per heavy atom. The maximum absolute atomic E-state index is 13.8. The molecular formula is C26H34N2O4S2. The second-order valence-corrected chi connectivity index (χ2v) is 13.9. The molecule has 34 heavy (non-hydrogen) atoms. The standard InChI is InChI=1S/C26H34N2O4S2/c1-18(2)26-14-21(5)25-17-27(33(29,30)23-10-6-19(3)7-11-23)15-22(25)16-28(26)34(31,32)24-12-8-20(4)9-13-24/h6-14,18,22,25-26H,15-17H2,1-5H3. The Balaban J connectivity index is 1.69. The first-order valence-electron chi connectivity index (χ1n) is 11.7. The van der Waals surface area contributed by atoms with Gasteiger partial charge < -0.3 is 0 Å². The van der Waals surface area contributed by atoms with Crippen molar-refractivity contribution in [1.29, 1.82) is 0 Å². The van der Waals surface area contributed by atoms with E-state index in [4.69, 9.17) is 0 Å². The minimum absolute atomic E-state index is 0.0142. The van der Waals surface area contributed by atoms with Crippen molar-refractivity contribution in [3.8, 4) is 0 Å². The van der Waals surface area contributed by atoms with Gasteiger partial charge in [0.15, 0.2) is 0 Å². The largest absolute Gasteiger partial charge is 0.243 e. The SMILES string of the molecule is CC1=CC(C(C)C)N(S(=O)(=O)c2ccc(C)cc2)CC2CN(S(=O)(=O)c3ccc(C)cc3)CC12. The van der Waals surface area contributed by atoms with Crippen LogP contribution in [0.4, 0.5) is 0 Å². The number of aryl methyl sites for hydroxylation is 2. The molecule has 1 saturated heterocycles. The molecule has 1 fully saturated rings. The minimum atomic E-state index is -3.75. The van der Waals surface area contributed by atoms with Crippen LogP contribution in [0.5, 0.6) is 0 Å². The second kappa shape index (κ2) is 9.22. The lowest BCUT2D eigenvalue weighted by molar-refractivity contribution is 0.266. The predicted octanol–water partition coefficient (Wildman–Crippen LogP) is 4.22. The zero-order valence-electron chi connectivity index (χ0n) is 20.5. The molecule has 3 unspecified atom stereocenters. The van der Waals surface area contributed by atoms with E-state index in [2.05, 4.69) is 0 Å². The predicted molar refractivity (Wildman–Crippen MR) is 134 cm³/mol. The molecular weight excluding hydrogens is 468 g/mol. The smallest absolute Gasteiger partial charge is 0.207 e. The van der Waals surface area contributed by atoms with Gasteiger partial charge >= 0.3 is 0 Å². The summed E-state index contributed by atoms with van der Waals surface area (Å²) in [7, 11) is -7.40. The Morgan fingerprint density at radius 3 is 1.74 bits per heavy atom. The number of fused-ring (bicyclic) bond motifs is 1. The van der Waals surface area contributed by atoms with Crippen LogP contribution in [0.2, 0.25) is 0 Å². The summed E-state index contributed by atoms with van der Waals surface area (Å²) in [5.41, 5.74) is 3.06. The third-order valence-corrected chi connectivity index (χ3v) is 10.9. The van der Waals surface area contributed by atoms with Gasteiger partial charge in [-0.05, 0) is 62.8 Å². The first kappa shape index (κ1) is 25.1. The van der Waals surface area contributed by atoms with Crippen LogP contribution >= 0.6 is 0 Å². The van der Waals surface area contributed by atoms with Crippen molar-refractivity contribution < 1.29 is 16.8 Å². The summed E-state index contributed by atoms with van der Waals surface area (Å²) < 4.78 is 57.4. The average Bonchev–Trinajstić information content (AvgIpc) is 3.15. The molecule has 0 amide bonds. The van der Waals surface area contributed by atoms with E-state index < -0.39 is 20.0 Å². The van der Waals surface area contributed by atoms with Gasteiger partial charge in [0.05, 0.1) is 9.79 Å². The molecule has 0 spiro atoms. The molecule has 0 N–H and O–H groups in total. The topological polar surface area (TPSA) is 74.8 Å². The van der Waals surface area contributed by atoms with Gasteiger partial charge in [0.25, 0.3) is 0 Å². The molecule has 4 rings (SSSR count). The lowest BCUT2D eigenvalue weighted by atomic mass is 9.89. The Kier molecular flexibility index (Phi) is 6.81. The highest BCUT2D eigenvalue weighted by molar-refractivity contribution is 7.89. The van der Waals surface area contributed by atoms with Gasteiger partial charge in [-0.15, -0.1) is 0 Å². The molecule has 2 aliphatic rings. The average molecular weight is 503 g/mol.